The summed E-state index contributed by atoms with van der Waals surface area (Å²) in [6, 6.07) is 5.16. The van der Waals surface area contributed by atoms with Gasteiger partial charge in [-0.15, -0.1) is 11.3 Å². The number of hydrogen-bond donors (Lipinski definition) is 1. The van der Waals surface area contributed by atoms with Crippen LogP contribution in [0.1, 0.15) is 28.6 Å². The van der Waals surface area contributed by atoms with Gasteiger partial charge in [0.1, 0.15) is 16.3 Å². The van der Waals surface area contributed by atoms with Crippen molar-refractivity contribution in [3.8, 4) is 11.5 Å². The van der Waals surface area contributed by atoms with Gasteiger partial charge in [0.05, 0.1) is 36.5 Å². The number of rotatable bonds is 6. The molecule has 8 heteroatoms. The Kier molecular flexibility index (Phi) is 5.46. The Morgan fingerprint density at radius 3 is 2.74 bits per heavy atom. The molecule has 0 atom stereocenters. The fourth-order valence-corrected chi connectivity index (χ4v) is 3.90. The van der Waals surface area contributed by atoms with Gasteiger partial charge in [0.15, 0.2) is 0 Å². The van der Waals surface area contributed by atoms with Crippen molar-refractivity contribution in [1.82, 2.24) is 9.55 Å². The van der Waals surface area contributed by atoms with Crippen LogP contribution in [0.3, 0.4) is 0 Å². The highest BCUT2D eigenvalue weighted by atomic mass is 32.1. The molecule has 2 aromatic heterocycles. The molecule has 7 nitrogen and oxygen atoms in total. The van der Waals surface area contributed by atoms with Crippen molar-refractivity contribution in [3.63, 3.8) is 0 Å². The van der Waals surface area contributed by atoms with E-state index in [-0.39, 0.29) is 11.5 Å². The lowest BCUT2D eigenvalue weighted by molar-refractivity contribution is 0.102. The van der Waals surface area contributed by atoms with Crippen molar-refractivity contribution in [2.45, 2.75) is 26.8 Å². The second-order valence-corrected chi connectivity index (χ2v) is 7.00. The molecule has 0 bridgehead atoms. The monoisotopic (exact) mass is 387 g/mol. The minimum atomic E-state index is -0.316. The summed E-state index contributed by atoms with van der Waals surface area (Å²) >= 11 is 1.21. The number of aryl methyl sites for hydroxylation is 2. The van der Waals surface area contributed by atoms with E-state index in [9.17, 15) is 9.59 Å². The Morgan fingerprint density at radius 1 is 1.30 bits per heavy atom. The third-order valence-electron chi connectivity index (χ3n) is 4.24. The average molecular weight is 387 g/mol. The van der Waals surface area contributed by atoms with Gasteiger partial charge in [0.25, 0.3) is 11.5 Å². The topological polar surface area (TPSA) is 82.5 Å². The van der Waals surface area contributed by atoms with Crippen LogP contribution >= 0.6 is 11.3 Å². The number of thiophene rings is 1. The molecule has 3 rings (SSSR count). The van der Waals surface area contributed by atoms with E-state index >= 15 is 0 Å². The predicted molar refractivity (Wildman–Crippen MR) is 106 cm³/mol. The first kappa shape index (κ1) is 18.9. The lowest BCUT2D eigenvalue weighted by atomic mass is 10.2. The highest BCUT2D eigenvalue weighted by molar-refractivity contribution is 7.20. The molecule has 0 spiro atoms. The highest BCUT2D eigenvalue weighted by Crippen LogP contribution is 2.32. The van der Waals surface area contributed by atoms with Crippen molar-refractivity contribution in [3.05, 3.63) is 45.3 Å². The van der Waals surface area contributed by atoms with E-state index < -0.39 is 0 Å². The molecule has 27 heavy (non-hydrogen) atoms. The zero-order chi connectivity index (χ0) is 19.6. The standard InChI is InChI=1S/C19H21N3O4S/c1-5-8-22-10-20-18-15(19(22)24)11(2)16(27-18)17(23)21-13-9-12(25-3)6-7-14(13)26-4/h6-7,9-10H,5,8H2,1-4H3,(H,21,23). The molecule has 3 aromatic rings. The Hall–Kier alpha value is -2.87. The van der Waals surface area contributed by atoms with Gasteiger partial charge in [0, 0.05) is 12.6 Å². The Balaban J connectivity index is 2.01. The molecule has 0 fully saturated rings. The van der Waals surface area contributed by atoms with Crippen LogP contribution in [0.15, 0.2) is 29.3 Å². The maximum absolute atomic E-state index is 12.9. The number of ether oxygens (including phenoxy) is 2. The van der Waals surface area contributed by atoms with Crippen LogP contribution in [-0.2, 0) is 6.54 Å². The zero-order valence-electron chi connectivity index (χ0n) is 15.7. The summed E-state index contributed by atoms with van der Waals surface area (Å²) in [4.78, 5) is 30.9. The Bertz CT molecular complexity index is 1060. The van der Waals surface area contributed by atoms with Gasteiger partial charge in [-0.25, -0.2) is 4.98 Å². The zero-order valence-corrected chi connectivity index (χ0v) is 16.5. The SMILES string of the molecule is CCCn1cnc2sc(C(=O)Nc3cc(OC)ccc3OC)c(C)c2c1=O. The third kappa shape index (κ3) is 3.52. The summed E-state index contributed by atoms with van der Waals surface area (Å²) in [7, 11) is 3.08. The minimum absolute atomic E-state index is 0.117. The average Bonchev–Trinajstić information content (AvgIpc) is 3.01. The van der Waals surface area contributed by atoms with Gasteiger partial charge < -0.3 is 14.8 Å². The van der Waals surface area contributed by atoms with E-state index in [1.165, 1.54) is 24.8 Å². The van der Waals surface area contributed by atoms with Crippen molar-refractivity contribution in [2.75, 3.05) is 19.5 Å². The molecule has 1 amide bonds. The summed E-state index contributed by atoms with van der Waals surface area (Å²) < 4.78 is 12.1. The second kappa shape index (κ2) is 7.79. The van der Waals surface area contributed by atoms with Crippen molar-refractivity contribution < 1.29 is 14.3 Å². The van der Waals surface area contributed by atoms with E-state index in [4.69, 9.17) is 9.47 Å². The molecule has 142 valence electrons. The maximum Gasteiger partial charge on any atom is 0.266 e. The molecule has 0 radical (unpaired) electrons. The van der Waals surface area contributed by atoms with E-state index in [1.807, 2.05) is 6.92 Å². The van der Waals surface area contributed by atoms with E-state index in [1.54, 1.807) is 36.8 Å². The first-order valence-corrected chi connectivity index (χ1v) is 9.33. The van der Waals surface area contributed by atoms with E-state index in [0.29, 0.717) is 44.4 Å². The quantitative estimate of drug-likeness (QED) is 0.701. The summed E-state index contributed by atoms with van der Waals surface area (Å²) in [5.41, 5.74) is 1.01. The number of amides is 1. The maximum atomic E-state index is 12.9. The number of aromatic nitrogens is 2. The number of methoxy groups -OCH3 is 2. The smallest absolute Gasteiger partial charge is 0.266 e. The number of carbonyl (C=O) groups excluding carboxylic acids is 1. The van der Waals surface area contributed by atoms with Crippen molar-refractivity contribution >= 4 is 33.1 Å². The summed E-state index contributed by atoms with van der Waals surface area (Å²) in [6.07, 6.45) is 2.37. The van der Waals surface area contributed by atoms with Crippen LogP contribution < -0.4 is 20.3 Å². The number of nitrogens with one attached hydrogen (secondary N) is 1. The van der Waals surface area contributed by atoms with Crippen LogP contribution in [0.4, 0.5) is 5.69 Å². The van der Waals surface area contributed by atoms with Gasteiger partial charge in [-0.3, -0.25) is 14.2 Å². The lowest BCUT2D eigenvalue weighted by Crippen LogP contribution is -2.20. The normalized spacial score (nSPS) is 10.8. The van der Waals surface area contributed by atoms with Gasteiger partial charge in [-0.1, -0.05) is 6.92 Å². The van der Waals surface area contributed by atoms with Crippen LogP contribution in [0.25, 0.3) is 10.2 Å². The molecular weight excluding hydrogens is 366 g/mol. The molecular formula is C19H21N3O4S. The summed E-state index contributed by atoms with van der Waals surface area (Å²) in [5.74, 6) is 0.804. The van der Waals surface area contributed by atoms with Gasteiger partial charge in [0.2, 0.25) is 0 Å². The molecule has 0 aliphatic carbocycles. The molecule has 0 unspecified atom stereocenters. The molecule has 1 aromatic carbocycles. The number of anilines is 1. The van der Waals surface area contributed by atoms with Crippen molar-refractivity contribution in [1.29, 1.82) is 0 Å². The Morgan fingerprint density at radius 2 is 2.07 bits per heavy atom. The van der Waals surface area contributed by atoms with Crippen LogP contribution in [-0.4, -0.2) is 29.7 Å². The fraction of sp³-hybridized carbons (Fsp3) is 0.316. The van der Waals surface area contributed by atoms with Crippen LogP contribution in [0.5, 0.6) is 11.5 Å². The number of fused-ring (bicyclic) bond motifs is 1. The van der Waals surface area contributed by atoms with Gasteiger partial charge in [-0.05, 0) is 31.0 Å². The molecule has 0 saturated carbocycles. The first-order valence-electron chi connectivity index (χ1n) is 8.52. The first-order chi connectivity index (χ1) is 13.0. The molecule has 0 aliphatic heterocycles. The van der Waals surface area contributed by atoms with Crippen molar-refractivity contribution in [2.24, 2.45) is 0 Å². The minimum Gasteiger partial charge on any atom is -0.497 e. The number of carbonyl (C=O) groups is 1. The predicted octanol–water partition coefficient (Wildman–Crippen LogP) is 3.45. The third-order valence-corrected chi connectivity index (χ3v) is 5.44. The number of nitrogens with zero attached hydrogens (tertiary/aromatic N) is 2. The highest BCUT2D eigenvalue weighted by Gasteiger charge is 2.20. The van der Waals surface area contributed by atoms with Crippen LogP contribution in [0, 0.1) is 6.92 Å². The lowest BCUT2D eigenvalue weighted by Gasteiger charge is -2.11. The molecule has 0 aliphatic rings. The van der Waals surface area contributed by atoms with E-state index in [2.05, 4.69) is 10.3 Å². The number of hydrogen-bond acceptors (Lipinski definition) is 6. The van der Waals surface area contributed by atoms with Gasteiger partial charge >= 0.3 is 0 Å². The van der Waals surface area contributed by atoms with E-state index in [0.717, 1.165) is 6.42 Å². The van der Waals surface area contributed by atoms with Crippen LogP contribution in [0.2, 0.25) is 0 Å². The van der Waals surface area contributed by atoms with Gasteiger partial charge in [-0.2, -0.15) is 0 Å². The largest absolute Gasteiger partial charge is 0.497 e. The summed E-state index contributed by atoms with van der Waals surface area (Å²) in [5, 5.41) is 3.34. The molecule has 0 saturated heterocycles. The Labute approximate surface area is 160 Å². The molecule has 1 N–H and O–H groups in total. The molecule has 2 heterocycles. The number of benzene rings is 1. The summed E-state index contributed by atoms with van der Waals surface area (Å²) in [6.45, 7) is 4.37. The fourth-order valence-electron chi connectivity index (χ4n) is 2.87. The second-order valence-electron chi connectivity index (χ2n) is 6.00.